The van der Waals surface area contributed by atoms with Gasteiger partial charge in [-0.25, -0.2) is 22.5 Å². The van der Waals surface area contributed by atoms with Crippen LogP contribution in [0.25, 0.3) is 0 Å². The first-order chi connectivity index (χ1) is 9.92. The van der Waals surface area contributed by atoms with Gasteiger partial charge in [0.2, 0.25) is 15.9 Å². The number of nitrogens with one attached hydrogen (secondary N) is 1. The van der Waals surface area contributed by atoms with Crippen LogP contribution in [0.2, 0.25) is 0 Å². The number of hydrogen-bond acceptors (Lipinski definition) is 5. The molecule has 0 saturated heterocycles. The molecule has 1 aromatic heterocycles. The highest BCUT2D eigenvalue weighted by Gasteiger charge is 2.15. The average molecular weight is 311 g/mol. The predicted molar refractivity (Wildman–Crippen MR) is 75.6 cm³/mol. The topological polar surface area (TPSA) is 94.3 Å². The molecule has 0 unspecified atom stereocenters. The number of benzene rings is 1. The average Bonchev–Trinajstić information content (AvgIpc) is 2.48. The van der Waals surface area contributed by atoms with Crippen LogP contribution in [-0.4, -0.2) is 20.5 Å². The number of aromatic nitrogens is 1. The maximum atomic E-state index is 13.1. The molecule has 21 heavy (non-hydrogen) atoms. The first-order valence-electron chi connectivity index (χ1n) is 5.96. The lowest BCUT2D eigenvalue weighted by Gasteiger charge is -2.08. The van der Waals surface area contributed by atoms with Crippen LogP contribution in [0.4, 0.5) is 10.1 Å². The van der Waals surface area contributed by atoms with Gasteiger partial charge in [0, 0.05) is 18.8 Å². The van der Waals surface area contributed by atoms with Gasteiger partial charge >= 0.3 is 0 Å². The summed E-state index contributed by atoms with van der Waals surface area (Å²) in [5.74, 6) is -0.273. The first kappa shape index (κ1) is 15.2. The Labute approximate surface area is 121 Å². The summed E-state index contributed by atoms with van der Waals surface area (Å²) >= 11 is 0. The summed E-state index contributed by atoms with van der Waals surface area (Å²) in [6.45, 7) is 0.0541. The number of nitrogen functional groups attached to an aromatic ring is 1. The molecule has 2 aromatic rings. The zero-order chi connectivity index (χ0) is 15.5. The lowest BCUT2D eigenvalue weighted by Crippen LogP contribution is -2.23. The molecule has 3 N–H and O–H groups in total. The Hall–Kier alpha value is -2.19. The van der Waals surface area contributed by atoms with Crippen LogP contribution < -0.4 is 15.2 Å². The summed E-state index contributed by atoms with van der Waals surface area (Å²) in [5, 5.41) is 0. The number of sulfonamides is 1. The van der Waals surface area contributed by atoms with Gasteiger partial charge in [-0.15, -0.1) is 0 Å². The molecule has 0 aliphatic carbocycles. The van der Waals surface area contributed by atoms with Crippen LogP contribution in [0.3, 0.4) is 0 Å². The van der Waals surface area contributed by atoms with Crippen molar-refractivity contribution in [3.8, 4) is 5.88 Å². The third-order valence-electron chi connectivity index (χ3n) is 2.75. The fraction of sp³-hybridized carbons (Fsp3) is 0.154. The molecule has 112 valence electrons. The minimum atomic E-state index is -3.78. The van der Waals surface area contributed by atoms with Crippen molar-refractivity contribution >= 4 is 15.7 Å². The second-order valence-electron chi connectivity index (χ2n) is 4.21. The van der Waals surface area contributed by atoms with Crippen LogP contribution in [0, 0.1) is 5.82 Å². The molecule has 2 rings (SSSR count). The molecular weight excluding hydrogens is 297 g/mol. The van der Waals surface area contributed by atoms with E-state index < -0.39 is 15.8 Å². The first-order valence-corrected chi connectivity index (χ1v) is 7.44. The van der Waals surface area contributed by atoms with Crippen LogP contribution >= 0.6 is 0 Å². The van der Waals surface area contributed by atoms with Crippen molar-refractivity contribution in [1.82, 2.24) is 9.71 Å². The lowest BCUT2D eigenvalue weighted by molar-refractivity contribution is 0.397. The quantitative estimate of drug-likeness (QED) is 0.811. The predicted octanol–water partition coefficient (Wildman–Crippen LogP) is 1.29. The highest BCUT2D eigenvalue weighted by Crippen LogP contribution is 2.17. The standard InChI is InChI=1S/C13H14FN3O3S/c1-20-13-6-9(4-5-16-13)8-17-21(18,19)10-2-3-11(14)12(15)7-10/h2-7,17H,8,15H2,1H3. The molecule has 0 atom stereocenters. The van der Waals surface area contributed by atoms with Gasteiger partial charge < -0.3 is 10.5 Å². The maximum Gasteiger partial charge on any atom is 0.240 e. The normalized spacial score (nSPS) is 11.3. The third kappa shape index (κ3) is 3.67. The van der Waals surface area contributed by atoms with Crippen LogP contribution in [0.15, 0.2) is 41.4 Å². The van der Waals surface area contributed by atoms with E-state index in [1.165, 1.54) is 13.3 Å². The number of halogens is 1. The van der Waals surface area contributed by atoms with Crippen LogP contribution in [0.1, 0.15) is 5.56 Å². The molecule has 0 amide bonds. The fourth-order valence-corrected chi connectivity index (χ4v) is 2.68. The number of hydrogen-bond donors (Lipinski definition) is 2. The second-order valence-corrected chi connectivity index (χ2v) is 5.98. The summed E-state index contributed by atoms with van der Waals surface area (Å²) in [6, 6.07) is 6.51. The number of rotatable bonds is 5. The molecule has 0 radical (unpaired) electrons. The van der Waals surface area contributed by atoms with Gasteiger partial charge in [0.15, 0.2) is 0 Å². The van der Waals surface area contributed by atoms with Crippen molar-refractivity contribution in [2.45, 2.75) is 11.4 Å². The fourth-order valence-electron chi connectivity index (χ4n) is 1.62. The summed E-state index contributed by atoms with van der Waals surface area (Å²) in [7, 11) is -2.31. The Bertz CT molecular complexity index is 750. The van der Waals surface area contributed by atoms with E-state index in [4.69, 9.17) is 10.5 Å². The molecule has 0 aliphatic heterocycles. The van der Waals surface area contributed by atoms with Crippen molar-refractivity contribution < 1.29 is 17.5 Å². The SMILES string of the molecule is COc1cc(CNS(=O)(=O)c2ccc(F)c(N)c2)ccn1. The van der Waals surface area contributed by atoms with E-state index >= 15 is 0 Å². The molecule has 8 heteroatoms. The number of ether oxygens (including phenoxy) is 1. The highest BCUT2D eigenvalue weighted by atomic mass is 32.2. The van der Waals surface area contributed by atoms with E-state index in [9.17, 15) is 12.8 Å². The molecular formula is C13H14FN3O3S. The van der Waals surface area contributed by atoms with Gasteiger partial charge in [0.25, 0.3) is 0 Å². The minimum Gasteiger partial charge on any atom is -0.481 e. The van der Waals surface area contributed by atoms with Crippen molar-refractivity contribution in [2.24, 2.45) is 0 Å². The molecule has 0 saturated carbocycles. The minimum absolute atomic E-state index is 0.0541. The number of nitrogens with two attached hydrogens (primary N) is 1. The molecule has 0 fully saturated rings. The summed E-state index contributed by atoms with van der Waals surface area (Å²) < 4.78 is 44.6. The summed E-state index contributed by atoms with van der Waals surface area (Å²) in [6.07, 6.45) is 1.51. The molecule has 0 aliphatic rings. The van der Waals surface area contributed by atoms with E-state index in [2.05, 4.69) is 9.71 Å². The van der Waals surface area contributed by atoms with E-state index in [0.29, 0.717) is 11.4 Å². The maximum absolute atomic E-state index is 13.1. The van der Waals surface area contributed by atoms with Crippen molar-refractivity contribution in [1.29, 1.82) is 0 Å². The lowest BCUT2D eigenvalue weighted by atomic mass is 10.3. The summed E-state index contributed by atoms with van der Waals surface area (Å²) in [5.41, 5.74) is 5.83. The van der Waals surface area contributed by atoms with Crippen LogP contribution in [0.5, 0.6) is 5.88 Å². The Balaban J connectivity index is 2.15. The molecule has 0 spiro atoms. The Kier molecular flexibility index (Phi) is 4.39. The monoisotopic (exact) mass is 311 g/mol. The number of anilines is 1. The van der Waals surface area contributed by atoms with Crippen molar-refractivity contribution in [3.63, 3.8) is 0 Å². The molecule has 0 bridgehead atoms. The Morgan fingerprint density at radius 3 is 2.76 bits per heavy atom. The highest BCUT2D eigenvalue weighted by molar-refractivity contribution is 7.89. The molecule has 6 nitrogen and oxygen atoms in total. The van der Waals surface area contributed by atoms with Crippen molar-refractivity contribution in [2.75, 3.05) is 12.8 Å². The third-order valence-corrected chi connectivity index (χ3v) is 4.15. The van der Waals surface area contributed by atoms with Gasteiger partial charge in [-0.05, 0) is 29.8 Å². The van der Waals surface area contributed by atoms with Gasteiger partial charge in [-0.1, -0.05) is 0 Å². The number of pyridine rings is 1. The number of nitrogens with zero attached hydrogens (tertiary/aromatic N) is 1. The number of methoxy groups -OCH3 is 1. The molecule has 1 heterocycles. The van der Waals surface area contributed by atoms with Gasteiger partial charge in [-0.2, -0.15) is 0 Å². The summed E-state index contributed by atoms with van der Waals surface area (Å²) in [4.78, 5) is 3.83. The zero-order valence-electron chi connectivity index (χ0n) is 11.2. The Morgan fingerprint density at radius 1 is 1.33 bits per heavy atom. The Morgan fingerprint density at radius 2 is 2.10 bits per heavy atom. The van der Waals surface area contributed by atoms with E-state index in [-0.39, 0.29) is 17.1 Å². The van der Waals surface area contributed by atoms with Gasteiger partial charge in [-0.3, -0.25) is 0 Å². The largest absolute Gasteiger partial charge is 0.481 e. The van der Waals surface area contributed by atoms with E-state index in [1.54, 1.807) is 12.1 Å². The smallest absolute Gasteiger partial charge is 0.240 e. The van der Waals surface area contributed by atoms with Gasteiger partial charge in [0.1, 0.15) is 5.82 Å². The zero-order valence-corrected chi connectivity index (χ0v) is 12.0. The van der Waals surface area contributed by atoms with Gasteiger partial charge in [0.05, 0.1) is 17.7 Å². The molecule has 1 aromatic carbocycles. The van der Waals surface area contributed by atoms with Crippen LogP contribution in [-0.2, 0) is 16.6 Å². The van der Waals surface area contributed by atoms with E-state index in [0.717, 1.165) is 18.2 Å². The van der Waals surface area contributed by atoms with E-state index in [1.807, 2.05) is 0 Å². The van der Waals surface area contributed by atoms with Crippen molar-refractivity contribution in [3.05, 3.63) is 47.9 Å². The second kappa shape index (κ2) is 6.06.